The van der Waals surface area contributed by atoms with Gasteiger partial charge in [0.15, 0.2) is 0 Å². The molecule has 0 bridgehead atoms. The average Bonchev–Trinajstić information content (AvgIpc) is 2.93. The highest BCUT2D eigenvalue weighted by atomic mass is 16.4. The number of fused-ring (bicyclic) bond motifs is 1. The zero-order valence-electron chi connectivity index (χ0n) is 10.5. The summed E-state index contributed by atoms with van der Waals surface area (Å²) in [5.41, 5.74) is 1.90. The van der Waals surface area contributed by atoms with Gasteiger partial charge in [0.2, 0.25) is 11.6 Å². The SMILES string of the molecule is O=C(/C(=N\O)n1cnc2ccccc21)c1ccccc1. The summed E-state index contributed by atoms with van der Waals surface area (Å²) in [6.45, 7) is 0. The summed E-state index contributed by atoms with van der Waals surface area (Å²) in [5.74, 6) is -0.443. The van der Waals surface area contributed by atoms with Gasteiger partial charge in [-0.2, -0.15) is 0 Å². The minimum absolute atomic E-state index is 0.0788. The number of carbonyl (C=O) groups excluding carboxylic acids is 1. The standard InChI is InChI=1S/C15H11N3O2/c19-14(11-6-2-1-3-7-11)15(17-20)18-10-16-12-8-4-5-9-13(12)18/h1-10,20H/b17-15+. The fraction of sp³-hybridized carbons (Fsp3) is 0. The van der Waals surface area contributed by atoms with Crippen LogP contribution in [0.2, 0.25) is 0 Å². The summed E-state index contributed by atoms with van der Waals surface area (Å²) in [5, 5.41) is 12.4. The van der Waals surface area contributed by atoms with Gasteiger partial charge in [-0.05, 0) is 12.1 Å². The first-order valence-corrected chi connectivity index (χ1v) is 6.05. The molecular formula is C15H11N3O2. The Morgan fingerprint density at radius 1 is 1.05 bits per heavy atom. The molecule has 2 aromatic carbocycles. The molecule has 0 fully saturated rings. The molecule has 20 heavy (non-hydrogen) atoms. The van der Waals surface area contributed by atoms with E-state index in [1.807, 2.05) is 30.3 Å². The number of rotatable bonds is 2. The van der Waals surface area contributed by atoms with Gasteiger partial charge < -0.3 is 5.21 Å². The maximum atomic E-state index is 12.4. The van der Waals surface area contributed by atoms with E-state index in [0.29, 0.717) is 11.1 Å². The molecule has 5 heteroatoms. The molecule has 0 atom stereocenters. The zero-order chi connectivity index (χ0) is 13.9. The van der Waals surface area contributed by atoms with Gasteiger partial charge in [0, 0.05) is 5.56 Å². The van der Waals surface area contributed by atoms with Crippen LogP contribution in [-0.4, -0.2) is 26.4 Å². The predicted molar refractivity (Wildman–Crippen MR) is 75.1 cm³/mol. The molecular weight excluding hydrogens is 254 g/mol. The van der Waals surface area contributed by atoms with Crippen LogP contribution in [-0.2, 0) is 0 Å². The van der Waals surface area contributed by atoms with E-state index >= 15 is 0 Å². The molecule has 0 aliphatic rings. The molecule has 98 valence electrons. The Labute approximate surface area is 114 Å². The van der Waals surface area contributed by atoms with E-state index < -0.39 is 0 Å². The highest BCUT2D eigenvalue weighted by Crippen LogP contribution is 2.13. The van der Waals surface area contributed by atoms with Crippen molar-refractivity contribution < 1.29 is 10.0 Å². The van der Waals surface area contributed by atoms with Crippen LogP contribution in [0, 0.1) is 0 Å². The largest absolute Gasteiger partial charge is 0.409 e. The minimum Gasteiger partial charge on any atom is -0.409 e. The first-order chi connectivity index (χ1) is 9.81. The molecule has 1 heterocycles. The molecule has 0 amide bonds. The van der Waals surface area contributed by atoms with Gasteiger partial charge in [0.1, 0.15) is 6.33 Å². The first kappa shape index (κ1) is 12.1. The second kappa shape index (κ2) is 4.97. The quantitative estimate of drug-likeness (QED) is 0.254. The zero-order valence-corrected chi connectivity index (χ0v) is 10.5. The second-order valence-corrected chi connectivity index (χ2v) is 4.22. The normalized spacial score (nSPS) is 11.7. The summed E-state index contributed by atoms with van der Waals surface area (Å²) < 4.78 is 1.48. The summed E-state index contributed by atoms with van der Waals surface area (Å²) in [6.07, 6.45) is 1.47. The predicted octanol–water partition coefficient (Wildman–Crippen LogP) is 2.56. The van der Waals surface area contributed by atoms with Crippen molar-refractivity contribution in [2.75, 3.05) is 0 Å². The number of carbonyl (C=O) groups is 1. The lowest BCUT2D eigenvalue weighted by molar-refractivity contribution is 0.105. The molecule has 0 saturated carbocycles. The molecule has 5 nitrogen and oxygen atoms in total. The van der Waals surface area contributed by atoms with Crippen molar-refractivity contribution in [3.8, 4) is 0 Å². The van der Waals surface area contributed by atoms with Crippen LogP contribution in [0.25, 0.3) is 11.0 Å². The van der Waals surface area contributed by atoms with Crippen molar-refractivity contribution in [1.82, 2.24) is 9.55 Å². The Balaban J connectivity index is 2.09. The van der Waals surface area contributed by atoms with Gasteiger partial charge in [-0.15, -0.1) is 0 Å². The van der Waals surface area contributed by atoms with Gasteiger partial charge in [-0.1, -0.05) is 47.6 Å². The van der Waals surface area contributed by atoms with Crippen molar-refractivity contribution in [3.63, 3.8) is 0 Å². The van der Waals surface area contributed by atoms with Crippen molar-refractivity contribution in [3.05, 3.63) is 66.5 Å². The van der Waals surface area contributed by atoms with Crippen LogP contribution < -0.4 is 0 Å². The smallest absolute Gasteiger partial charge is 0.232 e. The third kappa shape index (κ3) is 1.95. The van der Waals surface area contributed by atoms with Crippen molar-refractivity contribution in [1.29, 1.82) is 0 Å². The summed E-state index contributed by atoms with van der Waals surface area (Å²) in [4.78, 5) is 16.6. The number of imidazole rings is 1. The summed E-state index contributed by atoms with van der Waals surface area (Å²) in [7, 11) is 0. The number of ketones is 1. The maximum Gasteiger partial charge on any atom is 0.232 e. The van der Waals surface area contributed by atoms with Crippen LogP contribution in [0.1, 0.15) is 10.4 Å². The Kier molecular flexibility index (Phi) is 3.01. The Morgan fingerprint density at radius 3 is 2.50 bits per heavy atom. The molecule has 0 unspecified atom stereocenters. The van der Waals surface area contributed by atoms with E-state index in [-0.39, 0.29) is 11.6 Å². The number of benzene rings is 2. The molecule has 1 aromatic heterocycles. The number of hydrogen-bond donors (Lipinski definition) is 1. The van der Waals surface area contributed by atoms with E-state index in [0.717, 1.165) is 5.52 Å². The molecule has 3 rings (SSSR count). The number of oxime groups is 1. The molecule has 0 saturated heterocycles. The molecule has 0 radical (unpaired) electrons. The summed E-state index contributed by atoms with van der Waals surface area (Å²) >= 11 is 0. The molecule has 0 aliphatic carbocycles. The molecule has 0 spiro atoms. The Morgan fingerprint density at radius 2 is 1.75 bits per heavy atom. The number of Topliss-reactive ketones (excluding diaryl/α,β-unsaturated/α-hetero) is 1. The average molecular weight is 265 g/mol. The minimum atomic E-state index is -0.365. The van der Waals surface area contributed by atoms with Gasteiger partial charge in [-0.25, -0.2) is 4.98 Å². The number of hydrogen-bond acceptors (Lipinski definition) is 4. The van der Waals surface area contributed by atoms with Crippen molar-refractivity contribution in [2.45, 2.75) is 0 Å². The fourth-order valence-corrected chi connectivity index (χ4v) is 2.05. The van der Waals surface area contributed by atoms with E-state index in [1.165, 1.54) is 10.9 Å². The Bertz CT molecular complexity index is 791. The third-order valence-corrected chi connectivity index (χ3v) is 3.02. The van der Waals surface area contributed by atoms with Gasteiger partial charge in [-0.3, -0.25) is 9.36 Å². The topological polar surface area (TPSA) is 67.5 Å². The number of aromatic nitrogens is 2. The van der Waals surface area contributed by atoms with Crippen LogP contribution in [0.3, 0.4) is 0 Å². The van der Waals surface area contributed by atoms with Crippen LogP contribution in [0.15, 0.2) is 66.1 Å². The van der Waals surface area contributed by atoms with Crippen molar-refractivity contribution >= 4 is 22.7 Å². The van der Waals surface area contributed by atoms with E-state index in [4.69, 9.17) is 0 Å². The van der Waals surface area contributed by atoms with E-state index in [9.17, 15) is 10.0 Å². The van der Waals surface area contributed by atoms with Crippen LogP contribution >= 0.6 is 0 Å². The Hall–Kier alpha value is -2.95. The summed E-state index contributed by atoms with van der Waals surface area (Å²) in [6, 6.07) is 16.0. The molecule has 0 aliphatic heterocycles. The lowest BCUT2D eigenvalue weighted by Gasteiger charge is -2.05. The molecule has 3 aromatic rings. The van der Waals surface area contributed by atoms with Gasteiger partial charge in [0.05, 0.1) is 11.0 Å². The number of nitrogens with zero attached hydrogens (tertiary/aromatic N) is 3. The first-order valence-electron chi connectivity index (χ1n) is 6.05. The third-order valence-electron chi connectivity index (χ3n) is 3.02. The number of para-hydroxylation sites is 2. The van der Waals surface area contributed by atoms with Crippen LogP contribution in [0.4, 0.5) is 0 Å². The lowest BCUT2D eigenvalue weighted by atomic mass is 10.1. The van der Waals surface area contributed by atoms with Gasteiger partial charge in [0.25, 0.3) is 0 Å². The van der Waals surface area contributed by atoms with E-state index in [1.54, 1.807) is 24.3 Å². The van der Waals surface area contributed by atoms with Crippen molar-refractivity contribution in [2.24, 2.45) is 5.16 Å². The fourth-order valence-electron chi connectivity index (χ4n) is 2.05. The maximum absolute atomic E-state index is 12.4. The highest BCUT2D eigenvalue weighted by molar-refractivity contribution is 6.46. The monoisotopic (exact) mass is 265 g/mol. The van der Waals surface area contributed by atoms with Gasteiger partial charge >= 0.3 is 0 Å². The van der Waals surface area contributed by atoms with E-state index in [2.05, 4.69) is 10.1 Å². The lowest BCUT2D eigenvalue weighted by Crippen LogP contribution is -2.22. The van der Waals surface area contributed by atoms with Crippen LogP contribution in [0.5, 0.6) is 0 Å². The molecule has 1 N–H and O–H groups in total. The second-order valence-electron chi connectivity index (χ2n) is 4.22. The highest BCUT2D eigenvalue weighted by Gasteiger charge is 2.18.